The Labute approximate surface area is 152 Å². The number of anilines is 1. The van der Waals surface area contributed by atoms with Crippen molar-refractivity contribution in [2.24, 2.45) is 0 Å². The van der Waals surface area contributed by atoms with Gasteiger partial charge in [-0.1, -0.05) is 25.4 Å². The number of benzene rings is 1. The molecule has 0 radical (unpaired) electrons. The molecule has 1 amide bonds. The zero-order chi connectivity index (χ0) is 18.9. The molecule has 26 heavy (non-hydrogen) atoms. The van der Waals surface area contributed by atoms with Gasteiger partial charge in [-0.3, -0.25) is 4.79 Å². The number of carbonyl (C=O) groups excluding carboxylic acids is 2. The zero-order valence-electron chi connectivity index (χ0n) is 15.3. The molecule has 0 saturated heterocycles. The van der Waals surface area contributed by atoms with Crippen LogP contribution in [0.1, 0.15) is 49.2 Å². The van der Waals surface area contributed by atoms with E-state index in [2.05, 4.69) is 17.4 Å². The van der Waals surface area contributed by atoms with E-state index < -0.39 is 18.0 Å². The Balaban J connectivity index is 1.92. The number of nitrogens with one attached hydrogen (secondary N) is 1. The molecule has 0 bridgehead atoms. The number of ether oxygens (including phenoxy) is 2. The van der Waals surface area contributed by atoms with Crippen molar-refractivity contribution in [2.75, 3.05) is 11.9 Å². The van der Waals surface area contributed by atoms with Crippen LogP contribution in [0.3, 0.4) is 0 Å². The molecule has 140 valence electrons. The zero-order valence-corrected chi connectivity index (χ0v) is 15.3. The van der Waals surface area contributed by atoms with Gasteiger partial charge in [0.2, 0.25) is 0 Å². The third-order valence-corrected chi connectivity index (χ3v) is 3.65. The Kier molecular flexibility index (Phi) is 7.20. The van der Waals surface area contributed by atoms with E-state index in [9.17, 15) is 9.59 Å². The number of amides is 1. The highest BCUT2D eigenvalue weighted by molar-refractivity contribution is 5.97. The quantitative estimate of drug-likeness (QED) is 0.541. The van der Waals surface area contributed by atoms with Gasteiger partial charge in [0, 0.05) is 6.07 Å². The molecule has 0 aliphatic rings. The molecular weight excluding hydrogens is 336 g/mol. The fourth-order valence-corrected chi connectivity index (χ4v) is 2.17. The normalized spacial score (nSPS) is 11.7. The third-order valence-electron chi connectivity index (χ3n) is 3.65. The minimum atomic E-state index is -0.917. The number of rotatable bonds is 9. The highest BCUT2D eigenvalue weighted by atomic mass is 16.5. The fourth-order valence-electron chi connectivity index (χ4n) is 2.17. The second-order valence-corrected chi connectivity index (χ2v) is 5.84. The predicted molar refractivity (Wildman–Crippen MR) is 96.2 cm³/mol. The van der Waals surface area contributed by atoms with Crippen molar-refractivity contribution in [1.82, 2.24) is 5.16 Å². The summed E-state index contributed by atoms with van der Waals surface area (Å²) in [6, 6.07) is 8.26. The van der Waals surface area contributed by atoms with Crippen LogP contribution in [0, 0.1) is 6.92 Å². The molecule has 2 aromatic rings. The highest BCUT2D eigenvalue weighted by Gasteiger charge is 2.23. The molecule has 0 fully saturated rings. The first-order valence-electron chi connectivity index (χ1n) is 8.71. The van der Waals surface area contributed by atoms with Gasteiger partial charge in [-0.05, 0) is 44.0 Å². The Morgan fingerprint density at radius 3 is 2.54 bits per heavy atom. The van der Waals surface area contributed by atoms with Gasteiger partial charge >= 0.3 is 5.97 Å². The molecule has 7 nitrogen and oxygen atoms in total. The molecular formula is C19H24N2O5. The summed E-state index contributed by atoms with van der Waals surface area (Å²) < 4.78 is 15.8. The first-order chi connectivity index (χ1) is 12.5. The Morgan fingerprint density at radius 2 is 1.96 bits per heavy atom. The summed E-state index contributed by atoms with van der Waals surface area (Å²) in [6.45, 7) is 6.21. The van der Waals surface area contributed by atoms with Gasteiger partial charge in [0.1, 0.15) is 11.5 Å². The van der Waals surface area contributed by atoms with E-state index in [1.54, 1.807) is 44.2 Å². The van der Waals surface area contributed by atoms with Crippen LogP contribution < -0.4 is 10.1 Å². The highest BCUT2D eigenvalue weighted by Crippen LogP contribution is 2.15. The Morgan fingerprint density at radius 1 is 1.23 bits per heavy atom. The van der Waals surface area contributed by atoms with Crippen LogP contribution >= 0.6 is 0 Å². The second-order valence-electron chi connectivity index (χ2n) is 5.84. The molecule has 1 aromatic carbocycles. The maximum absolute atomic E-state index is 12.3. The average Bonchev–Trinajstić information content (AvgIpc) is 3.04. The van der Waals surface area contributed by atoms with Crippen LogP contribution in [0.5, 0.6) is 5.75 Å². The van der Waals surface area contributed by atoms with Crippen LogP contribution in [0.15, 0.2) is 34.9 Å². The van der Waals surface area contributed by atoms with Crippen molar-refractivity contribution < 1.29 is 23.6 Å². The molecule has 1 heterocycles. The lowest BCUT2D eigenvalue weighted by Gasteiger charge is -2.15. The lowest BCUT2D eigenvalue weighted by molar-refractivity contribution is -0.124. The number of hydrogen-bond donors (Lipinski definition) is 1. The van der Waals surface area contributed by atoms with Crippen LogP contribution in [-0.2, 0) is 9.53 Å². The fraction of sp³-hybridized carbons (Fsp3) is 0.421. The van der Waals surface area contributed by atoms with Crippen LogP contribution in [0.2, 0.25) is 0 Å². The lowest BCUT2D eigenvalue weighted by atomic mass is 10.2. The van der Waals surface area contributed by atoms with Gasteiger partial charge in [0.05, 0.1) is 12.2 Å². The Bertz CT molecular complexity index is 724. The molecule has 1 N–H and O–H groups in total. The first-order valence-corrected chi connectivity index (χ1v) is 8.71. The minimum absolute atomic E-state index is 0.288. The summed E-state index contributed by atoms with van der Waals surface area (Å²) >= 11 is 0. The lowest BCUT2D eigenvalue weighted by Crippen LogP contribution is -2.32. The minimum Gasteiger partial charge on any atom is -0.494 e. The van der Waals surface area contributed by atoms with E-state index >= 15 is 0 Å². The number of aromatic nitrogens is 1. The second kappa shape index (κ2) is 9.60. The van der Waals surface area contributed by atoms with Gasteiger partial charge in [0.25, 0.3) is 5.91 Å². The first kappa shape index (κ1) is 19.5. The molecule has 0 spiro atoms. The topological polar surface area (TPSA) is 90.7 Å². The van der Waals surface area contributed by atoms with Gasteiger partial charge in [-0.2, -0.15) is 0 Å². The van der Waals surface area contributed by atoms with E-state index in [0.717, 1.165) is 12.8 Å². The summed E-state index contributed by atoms with van der Waals surface area (Å²) in [7, 11) is 0. The molecule has 1 atom stereocenters. The van der Waals surface area contributed by atoms with Gasteiger partial charge in [-0.15, -0.1) is 0 Å². The standard InChI is InChI=1S/C19H24N2O5/c1-4-6-11-24-15-9-7-14(8-10-15)19(23)25-16(5-2)18(22)20-17-12-13(3)26-21-17/h7-10,12,16H,4-6,11H2,1-3H3,(H,20,21,22)/t16-/m1/s1. The number of nitrogens with zero attached hydrogens (tertiary/aromatic N) is 1. The van der Waals surface area contributed by atoms with Crippen molar-refractivity contribution >= 4 is 17.7 Å². The van der Waals surface area contributed by atoms with Crippen molar-refractivity contribution in [2.45, 2.75) is 46.1 Å². The summed E-state index contributed by atoms with van der Waals surface area (Å²) in [6.07, 6.45) is 1.45. The van der Waals surface area contributed by atoms with Crippen molar-refractivity contribution in [3.05, 3.63) is 41.7 Å². The number of aryl methyl sites for hydroxylation is 1. The largest absolute Gasteiger partial charge is 0.494 e. The molecule has 1 aromatic heterocycles. The molecule has 2 rings (SSSR count). The van der Waals surface area contributed by atoms with E-state index in [1.165, 1.54) is 0 Å². The number of carbonyl (C=O) groups is 2. The van der Waals surface area contributed by atoms with E-state index in [0.29, 0.717) is 30.1 Å². The van der Waals surface area contributed by atoms with Crippen molar-refractivity contribution in [1.29, 1.82) is 0 Å². The number of unbranched alkanes of at least 4 members (excludes halogenated alkanes) is 1. The van der Waals surface area contributed by atoms with E-state index in [-0.39, 0.29) is 5.82 Å². The van der Waals surface area contributed by atoms with E-state index in [1.807, 2.05) is 0 Å². The number of esters is 1. The van der Waals surface area contributed by atoms with Crippen LogP contribution in [0.4, 0.5) is 5.82 Å². The predicted octanol–water partition coefficient (Wildman–Crippen LogP) is 3.74. The van der Waals surface area contributed by atoms with E-state index in [4.69, 9.17) is 14.0 Å². The smallest absolute Gasteiger partial charge is 0.338 e. The van der Waals surface area contributed by atoms with Crippen molar-refractivity contribution in [3.8, 4) is 5.75 Å². The Hall–Kier alpha value is -2.83. The summed E-state index contributed by atoms with van der Waals surface area (Å²) in [4.78, 5) is 24.5. The summed E-state index contributed by atoms with van der Waals surface area (Å²) in [5, 5.41) is 6.26. The molecule has 7 heteroatoms. The maximum atomic E-state index is 12.3. The average molecular weight is 360 g/mol. The van der Waals surface area contributed by atoms with Gasteiger partial charge < -0.3 is 19.3 Å². The summed E-state index contributed by atoms with van der Waals surface area (Å²) in [5.41, 5.74) is 0.358. The van der Waals surface area contributed by atoms with Crippen molar-refractivity contribution in [3.63, 3.8) is 0 Å². The van der Waals surface area contributed by atoms with Gasteiger partial charge in [-0.25, -0.2) is 4.79 Å². The number of hydrogen-bond acceptors (Lipinski definition) is 6. The van der Waals surface area contributed by atoms with Crippen LogP contribution in [-0.4, -0.2) is 29.7 Å². The molecule has 0 aliphatic carbocycles. The molecule has 0 unspecified atom stereocenters. The SMILES string of the molecule is CCCCOc1ccc(C(=O)O[C@H](CC)C(=O)Nc2cc(C)on2)cc1. The maximum Gasteiger partial charge on any atom is 0.338 e. The van der Waals surface area contributed by atoms with Crippen LogP contribution in [0.25, 0.3) is 0 Å². The van der Waals surface area contributed by atoms with Gasteiger partial charge in [0.15, 0.2) is 11.9 Å². The summed E-state index contributed by atoms with van der Waals surface area (Å²) in [5.74, 6) is 0.542. The molecule has 0 saturated carbocycles. The monoisotopic (exact) mass is 360 g/mol. The third kappa shape index (κ3) is 5.61. The molecule has 0 aliphatic heterocycles.